The van der Waals surface area contributed by atoms with E-state index in [2.05, 4.69) is 11.9 Å². The highest BCUT2D eigenvalue weighted by molar-refractivity contribution is 8.00. The van der Waals surface area contributed by atoms with Gasteiger partial charge in [0.1, 0.15) is 0 Å². The first-order chi connectivity index (χ1) is 13.6. The summed E-state index contributed by atoms with van der Waals surface area (Å²) in [5, 5.41) is 22.3. The van der Waals surface area contributed by atoms with Crippen molar-refractivity contribution < 1.29 is 10.2 Å². The quantitative estimate of drug-likeness (QED) is 0.219. The van der Waals surface area contributed by atoms with Crippen LogP contribution in [0.3, 0.4) is 0 Å². The van der Waals surface area contributed by atoms with Crippen LogP contribution >= 0.6 is 11.8 Å². The Bertz CT molecular complexity index is 542. The van der Waals surface area contributed by atoms with E-state index in [1.54, 1.807) is 38.0 Å². The summed E-state index contributed by atoms with van der Waals surface area (Å²) in [6.07, 6.45) is 18.4. The molecule has 1 aromatic heterocycles. The predicted molar refractivity (Wildman–Crippen MR) is 126 cm³/mol. The lowest BCUT2D eigenvalue weighted by molar-refractivity contribution is -0.0751. The molecule has 0 bridgehead atoms. The first-order valence-corrected chi connectivity index (χ1v) is 12.5. The molecule has 0 radical (unpaired) electrons. The van der Waals surface area contributed by atoms with E-state index in [0.717, 1.165) is 17.7 Å². The van der Waals surface area contributed by atoms with E-state index < -0.39 is 15.9 Å². The minimum atomic E-state index is -1.03. The standard InChI is InChI=1S/C25H45NO2S/c1-6-7-8-9-10-11-12-13-14-15-16-19-24(4,28)25(5,23(2,3)27)29-22-17-20-26-21-18-22/h17-18,20-21,27-28H,6-16,19H2,1-5H3. The van der Waals surface area contributed by atoms with Crippen molar-refractivity contribution in [1.82, 2.24) is 4.98 Å². The highest BCUT2D eigenvalue weighted by atomic mass is 32.2. The van der Waals surface area contributed by atoms with Gasteiger partial charge in [-0.2, -0.15) is 0 Å². The minimum absolute atomic E-state index is 0.697. The Labute approximate surface area is 184 Å². The van der Waals surface area contributed by atoms with Crippen LogP contribution in [0, 0.1) is 0 Å². The second-order valence-electron chi connectivity index (χ2n) is 9.44. The van der Waals surface area contributed by atoms with Gasteiger partial charge in [-0.05, 0) is 46.2 Å². The van der Waals surface area contributed by atoms with Crippen molar-refractivity contribution in [2.45, 2.75) is 133 Å². The second-order valence-corrected chi connectivity index (χ2v) is 10.9. The van der Waals surface area contributed by atoms with Crippen molar-refractivity contribution in [3.63, 3.8) is 0 Å². The zero-order chi connectivity index (χ0) is 21.8. The fourth-order valence-electron chi connectivity index (χ4n) is 3.91. The van der Waals surface area contributed by atoms with E-state index >= 15 is 0 Å². The van der Waals surface area contributed by atoms with Crippen molar-refractivity contribution in [2.75, 3.05) is 0 Å². The molecule has 0 aliphatic heterocycles. The van der Waals surface area contributed by atoms with Gasteiger partial charge in [-0.15, -0.1) is 11.8 Å². The second kappa shape index (κ2) is 13.0. The molecule has 2 atom stereocenters. The third kappa shape index (κ3) is 8.98. The maximum absolute atomic E-state index is 11.4. The molecule has 4 heteroatoms. The normalized spacial score (nSPS) is 16.4. The van der Waals surface area contributed by atoms with Crippen LogP contribution in [0.1, 0.15) is 112 Å². The molecule has 1 heterocycles. The van der Waals surface area contributed by atoms with Crippen LogP contribution in [0.2, 0.25) is 0 Å². The fourth-order valence-corrected chi connectivity index (χ4v) is 5.21. The van der Waals surface area contributed by atoms with E-state index in [4.69, 9.17) is 0 Å². The van der Waals surface area contributed by atoms with Crippen molar-refractivity contribution in [1.29, 1.82) is 0 Å². The average molecular weight is 424 g/mol. The molecule has 2 unspecified atom stereocenters. The predicted octanol–water partition coefficient (Wildman–Crippen LogP) is 7.16. The molecule has 0 saturated carbocycles. The van der Waals surface area contributed by atoms with E-state index in [0.29, 0.717) is 6.42 Å². The average Bonchev–Trinajstić information content (AvgIpc) is 2.66. The van der Waals surface area contributed by atoms with Gasteiger partial charge < -0.3 is 10.2 Å². The summed E-state index contributed by atoms with van der Waals surface area (Å²) < 4.78 is -0.722. The van der Waals surface area contributed by atoms with Gasteiger partial charge in [-0.3, -0.25) is 4.98 Å². The molecule has 0 aliphatic carbocycles. The molecule has 1 aromatic rings. The molecule has 0 amide bonds. The van der Waals surface area contributed by atoms with Crippen molar-refractivity contribution >= 4 is 11.8 Å². The molecular weight excluding hydrogens is 378 g/mol. The van der Waals surface area contributed by atoms with Gasteiger partial charge >= 0.3 is 0 Å². The van der Waals surface area contributed by atoms with Crippen LogP contribution in [0.4, 0.5) is 0 Å². The summed E-state index contributed by atoms with van der Waals surface area (Å²) in [4.78, 5) is 5.09. The lowest BCUT2D eigenvalue weighted by atomic mass is 9.75. The monoisotopic (exact) mass is 423 g/mol. The van der Waals surface area contributed by atoms with Gasteiger partial charge in [-0.25, -0.2) is 0 Å². The lowest BCUT2D eigenvalue weighted by Gasteiger charge is -2.49. The van der Waals surface area contributed by atoms with Crippen molar-refractivity contribution in [3.05, 3.63) is 24.5 Å². The van der Waals surface area contributed by atoms with Crippen molar-refractivity contribution in [2.24, 2.45) is 0 Å². The number of hydrogen-bond donors (Lipinski definition) is 2. The molecule has 0 aliphatic rings. The Morgan fingerprint density at radius 1 is 0.759 bits per heavy atom. The molecule has 0 fully saturated rings. The van der Waals surface area contributed by atoms with Gasteiger partial charge in [0.25, 0.3) is 0 Å². The van der Waals surface area contributed by atoms with Gasteiger partial charge in [-0.1, -0.05) is 77.6 Å². The van der Waals surface area contributed by atoms with Crippen LogP contribution in [0.5, 0.6) is 0 Å². The molecule has 0 saturated heterocycles. The Morgan fingerprint density at radius 2 is 1.21 bits per heavy atom. The fraction of sp³-hybridized carbons (Fsp3) is 0.800. The number of rotatable bonds is 16. The van der Waals surface area contributed by atoms with Crippen LogP contribution < -0.4 is 0 Å². The Kier molecular flexibility index (Phi) is 11.8. The summed E-state index contributed by atoms with van der Waals surface area (Å²) in [5.41, 5.74) is -2.00. The van der Waals surface area contributed by atoms with Crippen LogP contribution in [-0.2, 0) is 0 Å². The third-order valence-corrected chi connectivity index (χ3v) is 8.29. The first-order valence-electron chi connectivity index (χ1n) is 11.7. The zero-order valence-corrected chi connectivity index (χ0v) is 20.4. The topological polar surface area (TPSA) is 53.4 Å². The molecule has 29 heavy (non-hydrogen) atoms. The van der Waals surface area contributed by atoms with Crippen LogP contribution in [0.15, 0.2) is 29.4 Å². The number of nitrogens with zero attached hydrogens (tertiary/aromatic N) is 1. The molecule has 0 spiro atoms. The number of aliphatic hydroxyl groups is 2. The van der Waals surface area contributed by atoms with E-state index in [-0.39, 0.29) is 0 Å². The van der Waals surface area contributed by atoms with Gasteiger partial charge in [0.05, 0.1) is 15.9 Å². The highest BCUT2D eigenvalue weighted by Gasteiger charge is 2.53. The number of aromatic nitrogens is 1. The maximum atomic E-state index is 11.4. The van der Waals surface area contributed by atoms with E-state index in [1.165, 1.54) is 57.8 Å². The number of hydrogen-bond acceptors (Lipinski definition) is 4. The largest absolute Gasteiger partial charge is 0.389 e. The van der Waals surface area contributed by atoms with Crippen molar-refractivity contribution in [3.8, 4) is 0 Å². The summed E-state index contributed by atoms with van der Waals surface area (Å²) in [5.74, 6) is 0. The van der Waals surface area contributed by atoms with Gasteiger partial charge in [0, 0.05) is 17.3 Å². The smallest absolute Gasteiger partial charge is 0.0794 e. The summed E-state index contributed by atoms with van der Waals surface area (Å²) in [6.45, 7) is 9.73. The molecular formula is C25H45NO2S. The highest BCUT2D eigenvalue weighted by Crippen LogP contribution is 2.49. The van der Waals surface area contributed by atoms with E-state index in [1.807, 2.05) is 26.0 Å². The van der Waals surface area contributed by atoms with Crippen LogP contribution in [-0.4, -0.2) is 31.1 Å². The Morgan fingerprint density at radius 3 is 1.66 bits per heavy atom. The number of thioether (sulfide) groups is 1. The molecule has 1 rings (SSSR count). The Hall–Kier alpha value is -0.580. The van der Waals surface area contributed by atoms with E-state index in [9.17, 15) is 10.2 Å². The van der Waals surface area contributed by atoms with Crippen LogP contribution in [0.25, 0.3) is 0 Å². The third-order valence-electron chi connectivity index (χ3n) is 6.43. The molecule has 3 nitrogen and oxygen atoms in total. The Balaban J connectivity index is 2.41. The summed E-state index contributed by atoms with van der Waals surface area (Å²) >= 11 is 1.55. The summed E-state index contributed by atoms with van der Waals surface area (Å²) in [7, 11) is 0. The molecule has 0 aromatic carbocycles. The van der Waals surface area contributed by atoms with Gasteiger partial charge in [0.15, 0.2) is 0 Å². The zero-order valence-electron chi connectivity index (χ0n) is 19.5. The molecule has 2 N–H and O–H groups in total. The number of pyridine rings is 1. The summed E-state index contributed by atoms with van der Waals surface area (Å²) in [6, 6.07) is 3.87. The first kappa shape index (κ1) is 26.5. The molecule has 168 valence electrons. The van der Waals surface area contributed by atoms with Gasteiger partial charge in [0.2, 0.25) is 0 Å². The minimum Gasteiger partial charge on any atom is -0.389 e. The maximum Gasteiger partial charge on any atom is 0.0794 e. The SMILES string of the molecule is CCCCCCCCCCCCCC(C)(O)C(C)(Sc1ccncc1)C(C)(C)O. The lowest BCUT2D eigenvalue weighted by Crippen LogP contribution is -2.60. The number of unbranched alkanes of at least 4 members (excludes halogenated alkanes) is 10.